The summed E-state index contributed by atoms with van der Waals surface area (Å²) in [6.07, 6.45) is 5.10. The summed E-state index contributed by atoms with van der Waals surface area (Å²) in [6, 6.07) is 0. The van der Waals surface area contributed by atoms with Crippen LogP contribution in [0.5, 0.6) is 0 Å². The zero-order valence-electron chi connectivity index (χ0n) is 10.4. The number of hydrogen-bond acceptors (Lipinski definition) is 5. The van der Waals surface area contributed by atoms with Gasteiger partial charge >= 0.3 is 0 Å². The van der Waals surface area contributed by atoms with Gasteiger partial charge in [0.25, 0.3) is 0 Å². The molecule has 1 saturated heterocycles. The summed E-state index contributed by atoms with van der Waals surface area (Å²) in [6.45, 7) is 1.55. The van der Waals surface area contributed by atoms with Crippen molar-refractivity contribution in [3.05, 3.63) is 16.1 Å². The Balaban J connectivity index is 2.04. The predicted octanol–water partition coefficient (Wildman–Crippen LogP) is 1.78. The summed E-state index contributed by atoms with van der Waals surface area (Å²) in [5.74, 6) is 0.416. The molecular weight excluding hydrogens is 270 g/mol. The molecule has 1 aliphatic heterocycles. The van der Waals surface area contributed by atoms with Crippen LogP contribution in [0.4, 0.5) is 0 Å². The van der Waals surface area contributed by atoms with Crippen LogP contribution in [0.15, 0.2) is 6.20 Å². The zero-order chi connectivity index (χ0) is 13.2. The smallest absolute Gasteiger partial charge is 0.153 e. The van der Waals surface area contributed by atoms with Crippen LogP contribution < -0.4 is 0 Å². The van der Waals surface area contributed by atoms with Crippen LogP contribution in [0.25, 0.3) is 0 Å². The molecule has 0 bridgehead atoms. The molecule has 2 rings (SSSR count). The van der Waals surface area contributed by atoms with Gasteiger partial charge in [-0.15, -0.1) is 11.3 Å². The highest BCUT2D eigenvalue weighted by Crippen LogP contribution is 2.25. The molecule has 1 fully saturated rings. The third-order valence-electron chi connectivity index (χ3n) is 3.14. The lowest BCUT2D eigenvalue weighted by Gasteiger charge is -2.21. The second kappa shape index (κ2) is 5.48. The van der Waals surface area contributed by atoms with Gasteiger partial charge in [-0.05, 0) is 19.8 Å². The van der Waals surface area contributed by atoms with Gasteiger partial charge in [0.15, 0.2) is 9.84 Å². The molecule has 1 aromatic rings. The molecule has 100 valence electrons. The van der Waals surface area contributed by atoms with E-state index in [0.29, 0.717) is 18.6 Å². The molecule has 1 unspecified atom stereocenters. The Hall–Kier alpha value is -0.750. The average Bonchev–Trinajstić information content (AvgIpc) is 2.68. The first-order valence-electron chi connectivity index (χ1n) is 6.12. The normalized spacial score (nSPS) is 22.8. The fourth-order valence-corrected chi connectivity index (χ4v) is 5.27. The Labute approximate surface area is 111 Å². The number of carbonyl (C=O) groups is 1. The van der Waals surface area contributed by atoms with Gasteiger partial charge in [0.05, 0.1) is 16.0 Å². The summed E-state index contributed by atoms with van der Waals surface area (Å²) in [4.78, 5) is 16.2. The minimum absolute atomic E-state index is 0.107. The number of rotatable bonds is 4. The number of hydrogen-bond donors (Lipinski definition) is 0. The minimum Gasteiger partial charge on any atom is -0.300 e. The molecule has 0 aromatic carbocycles. The van der Waals surface area contributed by atoms with Crippen molar-refractivity contribution in [2.75, 3.05) is 5.75 Å². The lowest BCUT2D eigenvalue weighted by molar-refractivity contribution is -0.116. The number of ketones is 1. The van der Waals surface area contributed by atoms with Crippen LogP contribution in [0, 0.1) is 0 Å². The molecule has 0 radical (unpaired) electrons. The maximum atomic E-state index is 11.9. The third kappa shape index (κ3) is 3.38. The van der Waals surface area contributed by atoms with Crippen LogP contribution in [-0.4, -0.2) is 30.2 Å². The highest BCUT2D eigenvalue weighted by Gasteiger charge is 2.29. The lowest BCUT2D eigenvalue weighted by atomic mass is 10.1. The molecule has 0 aliphatic carbocycles. The maximum absolute atomic E-state index is 11.9. The van der Waals surface area contributed by atoms with E-state index in [4.69, 9.17) is 0 Å². The van der Waals surface area contributed by atoms with E-state index in [2.05, 4.69) is 4.98 Å². The molecule has 0 saturated carbocycles. The van der Waals surface area contributed by atoms with Crippen molar-refractivity contribution in [1.29, 1.82) is 0 Å². The van der Waals surface area contributed by atoms with Gasteiger partial charge in [0, 0.05) is 23.9 Å². The Morgan fingerprint density at radius 1 is 1.50 bits per heavy atom. The highest BCUT2D eigenvalue weighted by atomic mass is 32.2. The minimum atomic E-state index is -2.94. The zero-order valence-corrected chi connectivity index (χ0v) is 12.0. The van der Waals surface area contributed by atoms with Crippen molar-refractivity contribution < 1.29 is 13.2 Å². The lowest BCUT2D eigenvalue weighted by Crippen LogP contribution is -2.30. The van der Waals surface area contributed by atoms with E-state index in [1.54, 1.807) is 13.1 Å². The van der Waals surface area contributed by atoms with Gasteiger partial charge in [-0.2, -0.15) is 0 Å². The Kier molecular flexibility index (Phi) is 4.17. The first kappa shape index (κ1) is 13.7. The molecule has 6 heteroatoms. The van der Waals surface area contributed by atoms with Crippen molar-refractivity contribution in [2.24, 2.45) is 0 Å². The predicted molar refractivity (Wildman–Crippen MR) is 71.6 cm³/mol. The van der Waals surface area contributed by atoms with Crippen molar-refractivity contribution in [1.82, 2.24) is 4.98 Å². The second-order valence-electron chi connectivity index (χ2n) is 4.79. The van der Waals surface area contributed by atoms with E-state index in [1.807, 2.05) is 0 Å². The Morgan fingerprint density at radius 2 is 2.28 bits per heavy atom. The molecule has 4 nitrogen and oxygen atoms in total. The van der Waals surface area contributed by atoms with Gasteiger partial charge in [-0.3, -0.25) is 4.79 Å². The van der Waals surface area contributed by atoms with Gasteiger partial charge in [-0.25, -0.2) is 13.4 Å². The monoisotopic (exact) mass is 287 g/mol. The first-order valence-corrected chi connectivity index (χ1v) is 8.65. The van der Waals surface area contributed by atoms with Crippen LogP contribution >= 0.6 is 11.3 Å². The number of sulfone groups is 1. The van der Waals surface area contributed by atoms with E-state index in [-0.39, 0.29) is 11.0 Å². The van der Waals surface area contributed by atoms with Crippen LogP contribution in [0.2, 0.25) is 0 Å². The second-order valence-corrected chi connectivity index (χ2v) is 8.39. The van der Waals surface area contributed by atoms with Crippen molar-refractivity contribution in [3.8, 4) is 0 Å². The number of nitrogens with zero attached hydrogens (tertiary/aromatic N) is 1. The molecule has 0 amide bonds. The number of carbonyl (C=O) groups excluding carboxylic acids is 1. The van der Waals surface area contributed by atoms with Crippen molar-refractivity contribution in [3.63, 3.8) is 0 Å². The van der Waals surface area contributed by atoms with Crippen molar-refractivity contribution in [2.45, 2.75) is 44.3 Å². The molecule has 0 N–H and O–H groups in total. The first-order chi connectivity index (χ1) is 8.47. The fraction of sp³-hybridized carbons (Fsp3) is 0.667. The number of aromatic nitrogens is 1. The van der Waals surface area contributed by atoms with Gasteiger partial charge in [0.2, 0.25) is 0 Å². The van der Waals surface area contributed by atoms with Crippen LogP contribution in [0.1, 0.15) is 36.1 Å². The topological polar surface area (TPSA) is 64.1 Å². The SMILES string of the molecule is CC(=O)Cc1cnc(CC2CCCCS2(=O)=O)s1. The molecule has 18 heavy (non-hydrogen) atoms. The van der Waals surface area contributed by atoms with E-state index in [9.17, 15) is 13.2 Å². The largest absolute Gasteiger partial charge is 0.300 e. The number of thiazole rings is 1. The fourth-order valence-electron chi connectivity index (χ4n) is 2.21. The molecule has 0 spiro atoms. The Morgan fingerprint density at radius 3 is 2.94 bits per heavy atom. The summed E-state index contributed by atoms with van der Waals surface area (Å²) < 4.78 is 23.8. The van der Waals surface area contributed by atoms with Crippen molar-refractivity contribution >= 4 is 27.0 Å². The Bertz CT molecular complexity index is 533. The maximum Gasteiger partial charge on any atom is 0.153 e. The summed E-state index contributed by atoms with van der Waals surface area (Å²) in [7, 11) is -2.94. The molecule has 1 aliphatic rings. The van der Waals surface area contributed by atoms with Gasteiger partial charge in [0.1, 0.15) is 5.78 Å². The standard InChI is InChI=1S/C12H17NO3S2/c1-9(14)6-10-8-13-12(17-10)7-11-4-2-3-5-18(11,15)16/h8,11H,2-7H2,1H3. The third-order valence-corrected chi connectivity index (χ3v) is 6.44. The summed E-state index contributed by atoms with van der Waals surface area (Å²) >= 11 is 1.46. The molecule has 1 aromatic heterocycles. The van der Waals surface area contributed by atoms with E-state index in [1.165, 1.54) is 11.3 Å². The quantitative estimate of drug-likeness (QED) is 0.847. The van der Waals surface area contributed by atoms with Gasteiger partial charge in [-0.1, -0.05) is 6.42 Å². The summed E-state index contributed by atoms with van der Waals surface area (Å²) in [5.41, 5.74) is 0. The van der Waals surface area contributed by atoms with Gasteiger partial charge < -0.3 is 0 Å². The average molecular weight is 287 g/mol. The molecule has 1 atom stereocenters. The summed E-state index contributed by atoms with van der Waals surface area (Å²) in [5, 5.41) is 0.560. The van der Waals surface area contributed by atoms with E-state index >= 15 is 0 Å². The number of Topliss-reactive ketones (excluding diaryl/α,β-unsaturated/α-hetero) is 1. The van der Waals surface area contributed by atoms with Crippen LogP contribution in [0.3, 0.4) is 0 Å². The molecular formula is C12H17NO3S2. The highest BCUT2D eigenvalue weighted by molar-refractivity contribution is 7.92. The van der Waals surface area contributed by atoms with E-state index in [0.717, 1.165) is 29.1 Å². The van der Waals surface area contributed by atoms with E-state index < -0.39 is 9.84 Å². The van der Waals surface area contributed by atoms with Crippen LogP contribution in [-0.2, 0) is 27.5 Å². The molecule has 2 heterocycles.